The van der Waals surface area contributed by atoms with E-state index in [1.165, 1.54) is 97.3 Å². The summed E-state index contributed by atoms with van der Waals surface area (Å²) in [7, 11) is 0. The highest BCUT2D eigenvalue weighted by Gasteiger charge is 2.12. The largest absolute Gasteiger partial charge is 0.0616 e. The van der Waals surface area contributed by atoms with Crippen LogP contribution in [0.4, 0.5) is 0 Å². The van der Waals surface area contributed by atoms with E-state index in [-0.39, 0.29) is 0 Å². The SMILES string of the molecule is c1ccc2cc3cc4cc5c(-c6cccc7cc8cc9cc%10ccccc%10cc9cc8cc67)cccc5cc4cc3cc2c1. The third-order valence-electron chi connectivity index (χ3n) is 9.60. The first-order chi connectivity index (χ1) is 21.7. The van der Waals surface area contributed by atoms with Crippen molar-refractivity contribution in [2.24, 2.45) is 0 Å². The van der Waals surface area contributed by atoms with Gasteiger partial charge in [0.05, 0.1) is 0 Å². The molecule has 10 aromatic rings. The van der Waals surface area contributed by atoms with Crippen LogP contribution in [0, 0.1) is 0 Å². The summed E-state index contributed by atoms with van der Waals surface area (Å²) in [6.07, 6.45) is 0. The molecule has 0 saturated heterocycles. The Hall–Kier alpha value is -5.72. The number of hydrogen-bond donors (Lipinski definition) is 0. The third kappa shape index (κ3) is 3.58. The van der Waals surface area contributed by atoms with Crippen LogP contribution in [0.1, 0.15) is 0 Å². The summed E-state index contributed by atoms with van der Waals surface area (Å²) < 4.78 is 0. The second-order valence-electron chi connectivity index (χ2n) is 12.2. The summed E-state index contributed by atoms with van der Waals surface area (Å²) in [5.74, 6) is 0. The van der Waals surface area contributed by atoms with Gasteiger partial charge >= 0.3 is 0 Å². The number of benzene rings is 10. The quantitative estimate of drug-likeness (QED) is 0.177. The highest BCUT2D eigenvalue weighted by Crippen LogP contribution is 2.39. The predicted molar refractivity (Wildman–Crippen MR) is 192 cm³/mol. The number of hydrogen-bond acceptors (Lipinski definition) is 0. The summed E-state index contributed by atoms with van der Waals surface area (Å²) in [6.45, 7) is 0. The van der Waals surface area contributed by atoms with E-state index < -0.39 is 0 Å². The van der Waals surface area contributed by atoms with Crippen LogP contribution in [0.3, 0.4) is 0 Å². The molecule has 202 valence electrons. The summed E-state index contributed by atoms with van der Waals surface area (Å²) in [5, 5.41) is 20.5. The van der Waals surface area contributed by atoms with Crippen molar-refractivity contribution < 1.29 is 0 Å². The molecule has 0 aromatic heterocycles. The molecule has 0 nitrogen and oxygen atoms in total. The van der Waals surface area contributed by atoms with Crippen LogP contribution in [0.25, 0.3) is 97.3 Å². The van der Waals surface area contributed by atoms with Crippen molar-refractivity contribution in [2.45, 2.75) is 0 Å². The van der Waals surface area contributed by atoms with Crippen LogP contribution in [-0.2, 0) is 0 Å². The van der Waals surface area contributed by atoms with Gasteiger partial charge in [0.2, 0.25) is 0 Å². The first-order valence-electron chi connectivity index (χ1n) is 15.3. The van der Waals surface area contributed by atoms with Crippen molar-refractivity contribution in [3.63, 3.8) is 0 Å². The third-order valence-corrected chi connectivity index (χ3v) is 9.60. The second-order valence-corrected chi connectivity index (χ2v) is 12.2. The smallest absolute Gasteiger partial charge is 0.00988 e. The van der Waals surface area contributed by atoms with Crippen LogP contribution < -0.4 is 0 Å². The lowest BCUT2D eigenvalue weighted by atomic mass is 9.90. The highest BCUT2D eigenvalue weighted by atomic mass is 14.2. The molecule has 10 rings (SSSR count). The minimum atomic E-state index is 1.27. The fraction of sp³-hybridized carbons (Fsp3) is 0. The summed E-state index contributed by atoms with van der Waals surface area (Å²) in [5.41, 5.74) is 2.56. The molecule has 0 aliphatic carbocycles. The van der Waals surface area contributed by atoms with Crippen molar-refractivity contribution in [3.8, 4) is 11.1 Å². The first kappa shape index (κ1) is 23.8. The van der Waals surface area contributed by atoms with Gasteiger partial charge in [-0.05, 0) is 170 Å². The molecule has 0 saturated carbocycles. The Kier molecular flexibility index (Phi) is 4.81. The molecule has 0 unspecified atom stereocenters. The van der Waals surface area contributed by atoms with Crippen molar-refractivity contribution in [1.82, 2.24) is 0 Å². The molecule has 0 aliphatic heterocycles. The van der Waals surface area contributed by atoms with Crippen LogP contribution in [0.15, 0.2) is 158 Å². The molecular formula is C44H26. The van der Waals surface area contributed by atoms with E-state index in [0.717, 1.165) is 0 Å². The summed E-state index contributed by atoms with van der Waals surface area (Å²) in [4.78, 5) is 0. The molecule has 0 heteroatoms. The zero-order valence-corrected chi connectivity index (χ0v) is 24.0. The van der Waals surface area contributed by atoms with Crippen molar-refractivity contribution in [2.75, 3.05) is 0 Å². The van der Waals surface area contributed by atoms with E-state index >= 15 is 0 Å². The predicted octanol–water partition coefficient (Wildman–Crippen LogP) is 12.6. The maximum absolute atomic E-state index is 2.40. The molecule has 0 atom stereocenters. The van der Waals surface area contributed by atoms with Gasteiger partial charge in [-0.1, -0.05) is 84.9 Å². The molecule has 0 N–H and O–H groups in total. The lowest BCUT2D eigenvalue weighted by Gasteiger charge is -2.13. The maximum atomic E-state index is 2.40. The molecule has 0 spiro atoms. The number of rotatable bonds is 1. The Morgan fingerprint density at radius 3 is 0.773 bits per heavy atom. The van der Waals surface area contributed by atoms with Gasteiger partial charge in [-0.2, -0.15) is 0 Å². The Morgan fingerprint density at radius 2 is 0.432 bits per heavy atom. The summed E-state index contributed by atoms with van der Waals surface area (Å²) >= 11 is 0. The van der Waals surface area contributed by atoms with Gasteiger partial charge in [0, 0.05) is 0 Å². The maximum Gasteiger partial charge on any atom is -0.00988 e. The van der Waals surface area contributed by atoms with Gasteiger partial charge in [0.25, 0.3) is 0 Å². The minimum absolute atomic E-state index is 1.27. The zero-order valence-electron chi connectivity index (χ0n) is 24.0. The molecule has 44 heavy (non-hydrogen) atoms. The number of fused-ring (bicyclic) bond motifs is 8. The summed E-state index contributed by atoms with van der Waals surface area (Å²) in [6, 6.07) is 59.0. The van der Waals surface area contributed by atoms with Crippen LogP contribution >= 0.6 is 0 Å². The van der Waals surface area contributed by atoms with E-state index in [1.54, 1.807) is 0 Å². The fourth-order valence-electron chi connectivity index (χ4n) is 7.41. The van der Waals surface area contributed by atoms with Gasteiger partial charge in [-0.3, -0.25) is 0 Å². The van der Waals surface area contributed by atoms with Gasteiger partial charge in [-0.25, -0.2) is 0 Å². The first-order valence-corrected chi connectivity index (χ1v) is 15.3. The van der Waals surface area contributed by atoms with Gasteiger partial charge in [0.1, 0.15) is 0 Å². The lowest BCUT2D eigenvalue weighted by Crippen LogP contribution is -1.87. The molecule has 10 aromatic carbocycles. The Morgan fingerprint density at radius 1 is 0.182 bits per heavy atom. The molecule has 0 heterocycles. The lowest BCUT2D eigenvalue weighted by molar-refractivity contribution is 1.71. The Bertz CT molecular complexity index is 2620. The topological polar surface area (TPSA) is 0 Å². The Balaban J connectivity index is 1.20. The van der Waals surface area contributed by atoms with Gasteiger partial charge in [0.15, 0.2) is 0 Å². The Labute approximate surface area is 254 Å². The van der Waals surface area contributed by atoms with Crippen molar-refractivity contribution in [1.29, 1.82) is 0 Å². The van der Waals surface area contributed by atoms with E-state index in [2.05, 4.69) is 158 Å². The van der Waals surface area contributed by atoms with Gasteiger partial charge < -0.3 is 0 Å². The average molecular weight is 555 g/mol. The van der Waals surface area contributed by atoms with Gasteiger partial charge in [-0.15, -0.1) is 0 Å². The standard InChI is InChI=1S/C44H26/c1-3-9-29-17-35-23-39-25-43-31(19-37(39)21-33(35)15-27(29)7-1)11-5-13-41(43)42-14-6-12-32-20-38-22-34-16-28-8-2-4-10-30(28)18-36(34)24-40(38)26-44(32)42/h1-26H. The second kappa shape index (κ2) is 8.89. The molecular weight excluding hydrogens is 528 g/mol. The van der Waals surface area contributed by atoms with E-state index in [4.69, 9.17) is 0 Å². The molecule has 0 bridgehead atoms. The minimum Gasteiger partial charge on any atom is -0.0616 e. The zero-order chi connectivity index (χ0) is 28.8. The van der Waals surface area contributed by atoms with E-state index in [9.17, 15) is 0 Å². The molecule has 0 aliphatic rings. The van der Waals surface area contributed by atoms with Crippen molar-refractivity contribution in [3.05, 3.63) is 158 Å². The highest BCUT2D eigenvalue weighted by molar-refractivity contribution is 6.15. The normalized spacial score (nSPS) is 12.1. The fourth-order valence-corrected chi connectivity index (χ4v) is 7.41. The van der Waals surface area contributed by atoms with Crippen LogP contribution in [0.5, 0.6) is 0 Å². The van der Waals surface area contributed by atoms with E-state index in [1.807, 2.05) is 0 Å². The molecule has 0 fully saturated rings. The van der Waals surface area contributed by atoms with E-state index in [0.29, 0.717) is 0 Å². The van der Waals surface area contributed by atoms with Crippen LogP contribution in [0.2, 0.25) is 0 Å². The molecule has 0 radical (unpaired) electrons. The van der Waals surface area contributed by atoms with Crippen molar-refractivity contribution >= 4 is 86.2 Å². The van der Waals surface area contributed by atoms with Crippen LogP contribution in [-0.4, -0.2) is 0 Å². The monoisotopic (exact) mass is 554 g/mol. The average Bonchev–Trinajstić information content (AvgIpc) is 3.05. The molecule has 0 amide bonds.